The molecule has 0 aromatic heterocycles. The third-order valence-electron chi connectivity index (χ3n) is 5.39. The van der Waals surface area contributed by atoms with Crippen LogP contribution in [0.5, 0.6) is 0 Å². The fraction of sp³-hybridized carbons (Fsp3) is 0.933. The summed E-state index contributed by atoms with van der Waals surface area (Å²) < 4.78 is 0. The number of rotatable bonds is 5. The summed E-state index contributed by atoms with van der Waals surface area (Å²) in [7, 11) is 0. The van der Waals surface area contributed by atoms with Gasteiger partial charge in [-0.2, -0.15) is 0 Å². The van der Waals surface area contributed by atoms with Crippen molar-refractivity contribution >= 4 is 5.97 Å². The predicted octanol–water partition coefficient (Wildman–Crippen LogP) is 0.611. The highest BCUT2D eigenvalue weighted by atomic mass is 16.4. The van der Waals surface area contributed by atoms with E-state index in [4.69, 9.17) is 5.11 Å². The van der Waals surface area contributed by atoms with Crippen molar-refractivity contribution in [1.82, 2.24) is 15.1 Å². The average Bonchev–Trinajstić information content (AvgIpc) is 2.88. The molecule has 3 heterocycles. The summed E-state index contributed by atoms with van der Waals surface area (Å²) >= 11 is 0. The molecular weight excluding hydrogens is 254 g/mol. The monoisotopic (exact) mass is 281 g/mol. The predicted molar refractivity (Wildman–Crippen MR) is 77.8 cm³/mol. The Kier molecular flexibility index (Phi) is 4.29. The van der Waals surface area contributed by atoms with E-state index in [-0.39, 0.29) is 12.0 Å². The molecule has 0 aliphatic carbocycles. The van der Waals surface area contributed by atoms with Crippen LogP contribution in [0.3, 0.4) is 0 Å². The minimum atomic E-state index is -0.661. The van der Waals surface area contributed by atoms with Crippen LogP contribution >= 0.6 is 0 Å². The van der Waals surface area contributed by atoms with E-state index < -0.39 is 5.97 Å². The van der Waals surface area contributed by atoms with Crippen LogP contribution in [0, 0.1) is 5.92 Å². The Bertz CT molecular complexity index is 343. The average molecular weight is 281 g/mol. The number of carboxylic acid groups (broad SMARTS) is 1. The highest BCUT2D eigenvalue weighted by Gasteiger charge is 2.45. The van der Waals surface area contributed by atoms with E-state index >= 15 is 0 Å². The normalized spacial score (nSPS) is 28.4. The summed E-state index contributed by atoms with van der Waals surface area (Å²) in [6.45, 7) is 7.67. The second kappa shape index (κ2) is 6.00. The number of likely N-dealkylation sites (tertiary alicyclic amines) is 2. The Morgan fingerprint density at radius 3 is 2.30 bits per heavy atom. The van der Waals surface area contributed by atoms with Gasteiger partial charge in [0.2, 0.25) is 0 Å². The van der Waals surface area contributed by atoms with Gasteiger partial charge in [0.15, 0.2) is 0 Å². The Hall–Kier alpha value is -0.650. The number of hydrogen-bond acceptors (Lipinski definition) is 4. The van der Waals surface area contributed by atoms with Crippen molar-refractivity contribution in [2.75, 3.05) is 45.8 Å². The number of carbonyl (C=O) groups is 1. The largest absolute Gasteiger partial charge is 0.481 e. The van der Waals surface area contributed by atoms with Gasteiger partial charge in [-0.3, -0.25) is 9.69 Å². The van der Waals surface area contributed by atoms with Crippen molar-refractivity contribution in [1.29, 1.82) is 0 Å². The third kappa shape index (κ3) is 3.00. The Morgan fingerprint density at radius 2 is 1.80 bits per heavy atom. The molecule has 0 atom stereocenters. The maximum Gasteiger partial charge on any atom is 0.305 e. The highest BCUT2D eigenvalue weighted by Crippen LogP contribution is 2.30. The second-order valence-electron chi connectivity index (χ2n) is 6.84. The van der Waals surface area contributed by atoms with E-state index in [1.807, 2.05) is 0 Å². The molecule has 0 unspecified atom stereocenters. The maximum atomic E-state index is 11.1. The summed E-state index contributed by atoms with van der Waals surface area (Å²) in [5.41, 5.74) is -0.0928. The molecule has 0 radical (unpaired) electrons. The second-order valence-corrected chi connectivity index (χ2v) is 6.84. The summed E-state index contributed by atoms with van der Waals surface area (Å²) in [6, 6.07) is 0. The fourth-order valence-corrected chi connectivity index (χ4v) is 4.08. The first-order valence-electron chi connectivity index (χ1n) is 8.08. The maximum absolute atomic E-state index is 11.1. The van der Waals surface area contributed by atoms with Crippen LogP contribution in [0.1, 0.15) is 32.1 Å². The molecule has 0 saturated carbocycles. The van der Waals surface area contributed by atoms with Gasteiger partial charge in [0.05, 0.1) is 12.0 Å². The van der Waals surface area contributed by atoms with E-state index in [9.17, 15) is 4.79 Å². The van der Waals surface area contributed by atoms with Crippen molar-refractivity contribution in [3.8, 4) is 0 Å². The van der Waals surface area contributed by atoms with Crippen LogP contribution in [0.4, 0.5) is 0 Å². The van der Waals surface area contributed by atoms with E-state index in [0.29, 0.717) is 0 Å². The van der Waals surface area contributed by atoms with Crippen molar-refractivity contribution in [3.05, 3.63) is 0 Å². The van der Waals surface area contributed by atoms with Gasteiger partial charge in [-0.25, -0.2) is 0 Å². The van der Waals surface area contributed by atoms with Gasteiger partial charge in [0, 0.05) is 19.6 Å². The number of nitrogens with one attached hydrogen (secondary N) is 1. The Labute approximate surface area is 121 Å². The smallest absolute Gasteiger partial charge is 0.305 e. The standard InChI is InChI=1S/C15H27N3O2/c19-14(20)9-15(11-16-12-15)18-7-3-13(4-8-18)10-17-5-1-2-6-17/h13,16H,1-12H2,(H,19,20). The molecule has 114 valence electrons. The molecule has 3 saturated heterocycles. The molecule has 0 amide bonds. The number of piperidine rings is 1. The van der Waals surface area contributed by atoms with E-state index in [1.54, 1.807) is 0 Å². The van der Waals surface area contributed by atoms with Crippen LogP contribution in [0.2, 0.25) is 0 Å². The number of hydrogen-bond donors (Lipinski definition) is 2. The molecule has 0 spiro atoms. The van der Waals surface area contributed by atoms with Crippen LogP contribution in [-0.4, -0.2) is 72.2 Å². The molecule has 5 heteroatoms. The number of nitrogens with zero attached hydrogens (tertiary/aromatic N) is 2. The number of aliphatic carboxylic acids is 1. The summed E-state index contributed by atoms with van der Waals surface area (Å²) in [5, 5.41) is 12.4. The Balaban J connectivity index is 1.48. The van der Waals surface area contributed by atoms with Gasteiger partial charge in [-0.15, -0.1) is 0 Å². The molecule has 20 heavy (non-hydrogen) atoms. The van der Waals surface area contributed by atoms with Gasteiger partial charge in [0.1, 0.15) is 0 Å². The van der Waals surface area contributed by atoms with Crippen molar-refractivity contribution < 1.29 is 9.90 Å². The van der Waals surface area contributed by atoms with Crippen LogP contribution in [0.25, 0.3) is 0 Å². The molecule has 0 aromatic carbocycles. The van der Waals surface area contributed by atoms with Crippen LogP contribution in [-0.2, 0) is 4.79 Å². The zero-order valence-corrected chi connectivity index (χ0v) is 12.3. The van der Waals surface area contributed by atoms with Gasteiger partial charge < -0.3 is 15.3 Å². The van der Waals surface area contributed by atoms with Crippen molar-refractivity contribution in [3.63, 3.8) is 0 Å². The van der Waals surface area contributed by atoms with Gasteiger partial charge >= 0.3 is 5.97 Å². The lowest BCUT2D eigenvalue weighted by Gasteiger charge is -2.52. The molecule has 2 N–H and O–H groups in total. The number of carboxylic acids is 1. The minimum absolute atomic E-state index is 0.0928. The first-order valence-corrected chi connectivity index (χ1v) is 8.08. The molecule has 5 nitrogen and oxygen atoms in total. The zero-order valence-electron chi connectivity index (χ0n) is 12.3. The van der Waals surface area contributed by atoms with Crippen LogP contribution < -0.4 is 5.32 Å². The van der Waals surface area contributed by atoms with Crippen molar-refractivity contribution in [2.45, 2.75) is 37.6 Å². The van der Waals surface area contributed by atoms with Gasteiger partial charge in [-0.05, 0) is 57.8 Å². The lowest BCUT2D eigenvalue weighted by molar-refractivity contribution is -0.142. The molecule has 3 rings (SSSR count). The molecule has 3 fully saturated rings. The summed E-state index contributed by atoms with van der Waals surface area (Å²) in [4.78, 5) is 16.1. The highest BCUT2D eigenvalue weighted by molar-refractivity contribution is 5.68. The minimum Gasteiger partial charge on any atom is -0.481 e. The first-order chi connectivity index (χ1) is 9.68. The Morgan fingerprint density at radius 1 is 1.15 bits per heavy atom. The lowest BCUT2D eigenvalue weighted by Crippen LogP contribution is -2.70. The lowest BCUT2D eigenvalue weighted by atomic mass is 9.83. The molecule has 3 aliphatic rings. The summed E-state index contributed by atoms with van der Waals surface area (Å²) in [5.74, 6) is 0.157. The molecule has 3 aliphatic heterocycles. The molecular formula is C15H27N3O2. The third-order valence-corrected chi connectivity index (χ3v) is 5.39. The van der Waals surface area contributed by atoms with Crippen LogP contribution in [0.15, 0.2) is 0 Å². The van der Waals surface area contributed by atoms with Crippen molar-refractivity contribution in [2.24, 2.45) is 5.92 Å². The quantitative estimate of drug-likeness (QED) is 0.773. The zero-order chi connectivity index (χ0) is 14.0. The van der Waals surface area contributed by atoms with E-state index in [2.05, 4.69) is 15.1 Å². The van der Waals surface area contributed by atoms with Gasteiger partial charge in [0.25, 0.3) is 0 Å². The van der Waals surface area contributed by atoms with E-state index in [0.717, 1.165) is 32.1 Å². The van der Waals surface area contributed by atoms with Gasteiger partial charge in [-0.1, -0.05) is 0 Å². The fourth-order valence-electron chi connectivity index (χ4n) is 4.08. The van der Waals surface area contributed by atoms with E-state index in [1.165, 1.54) is 45.3 Å². The SMILES string of the molecule is O=C(O)CC1(N2CCC(CN3CCCC3)CC2)CNC1. The summed E-state index contributed by atoms with van der Waals surface area (Å²) in [6.07, 6.45) is 5.49. The molecule has 0 aromatic rings. The molecule has 0 bridgehead atoms. The topological polar surface area (TPSA) is 55.8 Å². The first kappa shape index (κ1) is 14.3.